The van der Waals surface area contributed by atoms with Crippen LogP contribution in [0.15, 0.2) is 78.0 Å². The molecule has 0 bridgehead atoms. The molecule has 2 aromatic heterocycles. The van der Waals surface area contributed by atoms with Crippen LogP contribution in [0.3, 0.4) is 0 Å². The van der Waals surface area contributed by atoms with Crippen molar-refractivity contribution in [2.45, 2.75) is 19.6 Å². The van der Waals surface area contributed by atoms with Gasteiger partial charge in [-0.3, -0.25) is 14.2 Å². The van der Waals surface area contributed by atoms with Gasteiger partial charge in [0.2, 0.25) is 5.91 Å². The van der Waals surface area contributed by atoms with Gasteiger partial charge in [-0.25, -0.2) is 4.98 Å². The lowest BCUT2D eigenvalue weighted by atomic mass is 10.1. The minimum atomic E-state index is -0.194. The number of carbonyl (C=O) groups excluding carboxylic acids is 1. The fraction of sp³-hybridized carbons (Fsp3) is 0.208. The summed E-state index contributed by atoms with van der Waals surface area (Å²) in [4.78, 5) is 30.4. The predicted octanol–water partition coefficient (Wildman–Crippen LogP) is 2.83. The van der Waals surface area contributed by atoms with Gasteiger partial charge in [0.15, 0.2) is 0 Å². The van der Waals surface area contributed by atoms with Gasteiger partial charge in [-0.05, 0) is 11.1 Å². The summed E-state index contributed by atoms with van der Waals surface area (Å²) >= 11 is 0. The van der Waals surface area contributed by atoms with Gasteiger partial charge < -0.3 is 14.6 Å². The van der Waals surface area contributed by atoms with Gasteiger partial charge in [0.25, 0.3) is 5.56 Å². The van der Waals surface area contributed by atoms with E-state index in [1.165, 1.54) is 10.9 Å². The second-order valence-electron chi connectivity index (χ2n) is 7.23. The first-order valence-corrected chi connectivity index (χ1v) is 10.1. The topological polar surface area (TPSA) is 78.2 Å². The monoisotopic (exact) mass is 416 g/mol. The smallest absolute Gasteiger partial charge is 0.277 e. The number of methoxy groups -OCH3 is 1. The van der Waals surface area contributed by atoms with E-state index in [9.17, 15) is 9.59 Å². The second kappa shape index (κ2) is 9.40. The molecule has 1 amide bonds. The van der Waals surface area contributed by atoms with E-state index < -0.39 is 0 Å². The van der Waals surface area contributed by atoms with Crippen LogP contribution in [0, 0.1) is 0 Å². The van der Waals surface area contributed by atoms with Crippen molar-refractivity contribution in [2.24, 2.45) is 0 Å². The van der Waals surface area contributed by atoms with Crippen LogP contribution < -0.4 is 10.9 Å². The van der Waals surface area contributed by atoms with Gasteiger partial charge >= 0.3 is 0 Å². The van der Waals surface area contributed by atoms with Crippen molar-refractivity contribution >= 4 is 16.9 Å². The van der Waals surface area contributed by atoms with Crippen molar-refractivity contribution in [3.63, 3.8) is 0 Å². The van der Waals surface area contributed by atoms with Crippen molar-refractivity contribution in [3.8, 4) is 11.1 Å². The molecule has 0 aliphatic heterocycles. The van der Waals surface area contributed by atoms with Crippen molar-refractivity contribution in [1.29, 1.82) is 0 Å². The predicted molar refractivity (Wildman–Crippen MR) is 120 cm³/mol. The lowest BCUT2D eigenvalue weighted by Crippen LogP contribution is -2.29. The van der Waals surface area contributed by atoms with Crippen molar-refractivity contribution in [1.82, 2.24) is 19.4 Å². The number of aromatic nitrogens is 3. The Morgan fingerprint density at radius 1 is 1.03 bits per heavy atom. The number of hydrogen-bond donors (Lipinski definition) is 1. The maximum Gasteiger partial charge on any atom is 0.277 e. The van der Waals surface area contributed by atoms with Crippen LogP contribution in [0.25, 0.3) is 22.2 Å². The summed E-state index contributed by atoms with van der Waals surface area (Å²) < 4.78 is 8.30. The molecule has 2 heterocycles. The molecular formula is C24H24N4O3. The first-order valence-electron chi connectivity index (χ1n) is 10.1. The number of rotatable bonds is 8. The van der Waals surface area contributed by atoms with Crippen molar-refractivity contribution in [3.05, 3.63) is 89.1 Å². The zero-order valence-electron chi connectivity index (χ0n) is 17.3. The highest BCUT2D eigenvalue weighted by molar-refractivity contribution is 5.93. The molecule has 1 N–H and O–H groups in total. The molecule has 31 heavy (non-hydrogen) atoms. The molecule has 2 aromatic carbocycles. The molecule has 0 aliphatic rings. The Hall–Kier alpha value is -3.71. The Morgan fingerprint density at radius 2 is 1.74 bits per heavy atom. The van der Waals surface area contributed by atoms with E-state index in [4.69, 9.17) is 4.74 Å². The number of hydrogen-bond acceptors (Lipinski definition) is 4. The average molecular weight is 416 g/mol. The number of carbonyl (C=O) groups is 1. The Balaban J connectivity index is 1.68. The number of nitrogens with one attached hydrogen (secondary N) is 1. The van der Waals surface area contributed by atoms with Gasteiger partial charge in [-0.2, -0.15) is 0 Å². The molecule has 0 unspecified atom stereocenters. The highest BCUT2D eigenvalue weighted by Gasteiger charge is 2.18. The third kappa shape index (κ3) is 4.57. The van der Waals surface area contributed by atoms with E-state index in [-0.39, 0.29) is 18.0 Å². The van der Waals surface area contributed by atoms with E-state index in [2.05, 4.69) is 10.3 Å². The number of benzene rings is 2. The molecule has 0 radical (unpaired) electrons. The van der Waals surface area contributed by atoms with Crippen molar-refractivity contribution in [2.75, 3.05) is 13.7 Å². The largest absolute Gasteiger partial charge is 0.383 e. The lowest BCUT2D eigenvalue weighted by molar-refractivity contribution is -0.121. The third-order valence-corrected chi connectivity index (χ3v) is 5.11. The van der Waals surface area contributed by atoms with Gasteiger partial charge in [0, 0.05) is 25.4 Å². The fourth-order valence-electron chi connectivity index (χ4n) is 3.53. The lowest BCUT2D eigenvalue weighted by Gasteiger charge is -2.09. The number of nitrogens with zero attached hydrogens (tertiary/aromatic N) is 3. The fourth-order valence-corrected chi connectivity index (χ4v) is 3.53. The van der Waals surface area contributed by atoms with Crippen LogP contribution in [0.4, 0.5) is 0 Å². The Bertz CT molecular complexity index is 1230. The van der Waals surface area contributed by atoms with Crippen molar-refractivity contribution < 1.29 is 9.53 Å². The summed E-state index contributed by atoms with van der Waals surface area (Å²) in [6.07, 6.45) is 3.37. The summed E-state index contributed by atoms with van der Waals surface area (Å²) in [6.45, 7) is 1.25. The first-order chi connectivity index (χ1) is 15.2. The zero-order chi connectivity index (χ0) is 21.6. The van der Waals surface area contributed by atoms with E-state index in [1.807, 2.05) is 66.9 Å². The summed E-state index contributed by atoms with van der Waals surface area (Å²) in [5.74, 6) is -0.174. The quantitative estimate of drug-likeness (QED) is 0.479. The average Bonchev–Trinajstić information content (AvgIpc) is 3.17. The summed E-state index contributed by atoms with van der Waals surface area (Å²) in [5.41, 5.74) is 3.58. The van der Waals surface area contributed by atoms with Gasteiger partial charge in [0.05, 0.1) is 19.5 Å². The molecule has 7 nitrogen and oxygen atoms in total. The Morgan fingerprint density at radius 3 is 2.45 bits per heavy atom. The molecule has 0 atom stereocenters. The zero-order valence-corrected chi connectivity index (χ0v) is 17.3. The Kier molecular flexibility index (Phi) is 6.24. The molecular weight excluding hydrogens is 392 g/mol. The molecule has 0 aliphatic carbocycles. The number of amides is 1. The minimum Gasteiger partial charge on any atom is -0.383 e. The van der Waals surface area contributed by atoms with Crippen LogP contribution in [-0.2, 0) is 29.2 Å². The van der Waals surface area contributed by atoms with Gasteiger partial charge in [-0.15, -0.1) is 0 Å². The highest BCUT2D eigenvalue weighted by atomic mass is 16.5. The first kappa shape index (κ1) is 20.6. The van der Waals surface area contributed by atoms with Crippen LogP contribution in [0.5, 0.6) is 0 Å². The summed E-state index contributed by atoms with van der Waals surface area (Å²) in [6, 6.07) is 19.4. The molecule has 0 saturated heterocycles. The Labute approximate surface area is 179 Å². The maximum absolute atomic E-state index is 13.2. The number of ether oxygens (including phenoxy) is 1. The molecule has 0 fully saturated rings. The summed E-state index contributed by atoms with van der Waals surface area (Å²) in [7, 11) is 1.59. The third-order valence-electron chi connectivity index (χ3n) is 5.11. The van der Waals surface area contributed by atoms with E-state index in [0.717, 1.165) is 16.7 Å². The summed E-state index contributed by atoms with van der Waals surface area (Å²) in [5, 5.41) is 2.92. The van der Waals surface area contributed by atoms with E-state index in [0.29, 0.717) is 30.7 Å². The van der Waals surface area contributed by atoms with Crippen LogP contribution in [0.1, 0.15) is 5.56 Å². The number of fused-ring (bicyclic) bond motifs is 1. The van der Waals surface area contributed by atoms with E-state index in [1.54, 1.807) is 11.7 Å². The highest BCUT2D eigenvalue weighted by Crippen LogP contribution is 2.27. The maximum atomic E-state index is 13.2. The van der Waals surface area contributed by atoms with Crippen LogP contribution >= 0.6 is 0 Å². The van der Waals surface area contributed by atoms with Gasteiger partial charge in [-0.1, -0.05) is 60.7 Å². The SMILES string of the molecule is COCCn1cnc2c(-c3ccccc3)cn(CC(=O)NCc3ccccc3)c2c1=O. The molecule has 0 spiro atoms. The van der Waals surface area contributed by atoms with Crippen LogP contribution in [-0.4, -0.2) is 33.7 Å². The van der Waals surface area contributed by atoms with Crippen LogP contribution in [0.2, 0.25) is 0 Å². The van der Waals surface area contributed by atoms with Gasteiger partial charge in [0.1, 0.15) is 17.6 Å². The molecule has 0 saturated carbocycles. The molecule has 4 rings (SSSR count). The standard InChI is InChI=1S/C24H24N4O3/c1-31-13-12-27-17-26-22-20(19-10-6-3-7-11-19)15-28(23(22)24(27)30)16-21(29)25-14-18-8-4-2-5-9-18/h2-11,15,17H,12-14,16H2,1H3,(H,25,29). The molecule has 7 heteroatoms. The molecule has 4 aromatic rings. The molecule has 158 valence electrons. The second-order valence-corrected chi connectivity index (χ2v) is 7.23. The minimum absolute atomic E-state index is 0.0291. The normalized spacial score (nSPS) is 11.0. The van der Waals surface area contributed by atoms with E-state index >= 15 is 0 Å².